The van der Waals surface area contributed by atoms with Crippen LogP contribution in [0.2, 0.25) is 5.02 Å². The van der Waals surface area contributed by atoms with Crippen LogP contribution in [0, 0.1) is 0 Å². The zero-order valence-electron chi connectivity index (χ0n) is 9.63. The van der Waals surface area contributed by atoms with Crippen molar-refractivity contribution in [2.24, 2.45) is 10.3 Å². The molecule has 0 saturated carbocycles. The van der Waals surface area contributed by atoms with Crippen molar-refractivity contribution in [2.75, 3.05) is 12.0 Å². The molecule has 1 rings (SSSR count). The van der Waals surface area contributed by atoms with E-state index in [9.17, 15) is 4.79 Å². The number of benzene rings is 1. The molecular weight excluding hydrogens is 258 g/mol. The number of oxime groups is 1. The molecule has 7 heteroatoms. The fraction of sp³-hybridized carbons (Fsp3) is 0.182. The molecule has 0 spiro atoms. The van der Waals surface area contributed by atoms with Crippen LogP contribution in [0.25, 0.3) is 0 Å². The molecule has 0 aliphatic rings. The summed E-state index contributed by atoms with van der Waals surface area (Å²) in [5, 5.41) is 15.4. The second-order valence-electron chi connectivity index (χ2n) is 3.05. The Labute approximate surface area is 109 Å². The Balaban J connectivity index is 2.84. The average molecular weight is 270 g/mol. The molecule has 1 aromatic rings. The van der Waals surface area contributed by atoms with Crippen LogP contribution < -0.4 is 5.43 Å². The maximum absolute atomic E-state index is 11.4. The van der Waals surface area contributed by atoms with Gasteiger partial charge in [0.1, 0.15) is 6.21 Å². The number of hydrazone groups is 1. The molecule has 1 aromatic carbocycles. The van der Waals surface area contributed by atoms with Crippen molar-refractivity contribution < 1.29 is 14.7 Å². The minimum Gasteiger partial charge on any atom is -0.461 e. The van der Waals surface area contributed by atoms with Crippen molar-refractivity contribution in [3.63, 3.8) is 0 Å². The average Bonchev–Trinajstić information content (AvgIpc) is 2.36. The molecule has 0 aromatic heterocycles. The number of carbonyl (C=O) groups is 1. The minimum atomic E-state index is -0.699. The van der Waals surface area contributed by atoms with Crippen LogP contribution in [-0.2, 0) is 9.53 Å². The van der Waals surface area contributed by atoms with Crippen molar-refractivity contribution in [1.82, 2.24) is 0 Å². The summed E-state index contributed by atoms with van der Waals surface area (Å²) in [4.78, 5) is 11.4. The van der Waals surface area contributed by atoms with Gasteiger partial charge in [0.2, 0.25) is 0 Å². The summed E-state index contributed by atoms with van der Waals surface area (Å²) in [5.41, 5.74) is 2.94. The normalized spacial score (nSPS) is 11.6. The van der Waals surface area contributed by atoms with Crippen LogP contribution in [-0.4, -0.2) is 29.7 Å². The van der Waals surface area contributed by atoms with Gasteiger partial charge in [-0.25, -0.2) is 4.79 Å². The molecule has 0 heterocycles. The van der Waals surface area contributed by atoms with E-state index in [0.717, 1.165) is 6.21 Å². The molecule has 0 aliphatic carbocycles. The zero-order chi connectivity index (χ0) is 13.4. The van der Waals surface area contributed by atoms with Gasteiger partial charge < -0.3 is 9.94 Å². The number of para-hydroxylation sites is 1. The number of ether oxygens (including phenoxy) is 1. The first-order valence-electron chi connectivity index (χ1n) is 5.11. The molecule has 0 atom stereocenters. The summed E-state index contributed by atoms with van der Waals surface area (Å²) in [6.45, 7) is 1.86. The van der Waals surface area contributed by atoms with Gasteiger partial charge >= 0.3 is 5.97 Å². The lowest BCUT2D eigenvalue weighted by atomic mass is 10.3. The van der Waals surface area contributed by atoms with Crippen LogP contribution in [0.15, 0.2) is 34.5 Å². The van der Waals surface area contributed by atoms with Crippen molar-refractivity contribution in [3.05, 3.63) is 29.3 Å². The Bertz CT molecular complexity index is 474. The Kier molecular flexibility index (Phi) is 5.66. The zero-order valence-corrected chi connectivity index (χ0v) is 10.4. The number of esters is 1. The highest BCUT2D eigenvalue weighted by molar-refractivity contribution is 6.59. The smallest absolute Gasteiger partial charge is 0.360 e. The Hall–Kier alpha value is -2.08. The standard InChI is InChI=1S/C11H12ClN3O3/c1-2-18-11(16)10(7-13-17)15-14-9-6-4-3-5-8(9)12/h3-7,14,17H,2H2,1H3. The lowest BCUT2D eigenvalue weighted by Gasteiger charge is -2.04. The molecular formula is C11H12ClN3O3. The Morgan fingerprint density at radius 3 is 2.89 bits per heavy atom. The Morgan fingerprint density at radius 1 is 1.56 bits per heavy atom. The summed E-state index contributed by atoms with van der Waals surface area (Å²) in [5.74, 6) is -0.699. The molecule has 2 N–H and O–H groups in total. The van der Waals surface area contributed by atoms with Gasteiger partial charge in [-0.2, -0.15) is 5.10 Å². The van der Waals surface area contributed by atoms with Gasteiger partial charge in [-0.15, -0.1) is 0 Å². The number of hydrogen-bond acceptors (Lipinski definition) is 6. The van der Waals surface area contributed by atoms with E-state index in [-0.39, 0.29) is 12.3 Å². The van der Waals surface area contributed by atoms with Crippen LogP contribution in [0.4, 0.5) is 5.69 Å². The monoisotopic (exact) mass is 269 g/mol. The van der Waals surface area contributed by atoms with E-state index >= 15 is 0 Å². The molecule has 0 amide bonds. The summed E-state index contributed by atoms with van der Waals surface area (Å²) >= 11 is 5.89. The molecule has 96 valence electrons. The third-order valence-electron chi connectivity index (χ3n) is 1.84. The number of nitrogens with one attached hydrogen (secondary N) is 1. The first-order valence-corrected chi connectivity index (χ1v) is 5.49. The van der Waals surface area contributed by atoms with Gasteiger partial charge in [-0.05, 0) is 19.1 Å². The molecule has 0 saturated heterocycles. The maximum atomic E-state index is 11.4. The van der Waals surface area contributed by atoms with Crippen molar-refractivity contribution >= 4 is 35.2 Å². The van der Waals surface area contributed by atoms with E-state index < -0.39 is 5.97 Å². The largest absolute Gasteiger partial charge is 0.461 e. The van der Waals surface area contributed by atoms with E-state index in [1.54, 1.807) is 31.2 Å². The summed E-state index contributed by atoms with van der Waals surface area (Å²) in [6, 6.07) is 6.88. The number of hydrogen-bond donors (Lipinski definition) is 2. The molecule has 18 heavy (non-hydrogen) atoms. The van der Waals surface area contributed by atoms with Crippen molar-refractivity contribution in [2.45, 2.75) is 6.92 Å². The Morgan fingerprint density at radius 2 is 2.28 bits per heavy atom. The quantitative estimate of drug-likeness (QED) is 0.371. The number of anilines is 1. The molecule has 0 bridgehead atoms. The van der Waals surface area contributed by atoms with E-state index in [4.69, 9.17) is 21.5 Å². The van der Waals surface area contributed by atoms with Crippen LogP contribution in [0.3, 0.4) is 0 Å². The van der Waals surface area contributed by atoms with Crippen molar-refractivity contribution in [3.8, 4) is 0 Å². The van der Waals surface area contributed by atoms with Gasteiger partial charge in [0.25, 0.3) is 0 Å². The van der Waals surface area contributed by atoms with Crippen molar-refractivity contribution in [1.29, 1.82) is 0 Å². The number of halogens is 1. The lowest BCUT2D eigenvalue weighted by molar-refractivity contribution is -0.134. The lowest BCUT2D eigenvalue weighted by Crippen LogP contribution is -2.20. The third-order valence-corrected chi connectivity index (χ3v) is 2.16. The molecule has 0 unspecified atom stereocenters. The molecule has 6 nitrogen and oxygen atoms in total. The van der Waals surface area contributed by atoms with E-state index in [2.05, 4.69) is 15.7 Å². The van der Waals surface area contributed by atoms with Gasteiger partial charge in [0.05, 0.1) is 17.3 Å². The topological polar surface area (TPSA) is 83.3 Å². The van der Waals surface area contributed by atoms with E-state index in [1.807, 2.05) is 0 Å². The van der Waals surface area contributed by atoms with Gasteiger partial charge in [-0.3, -0.25) is 5.43 Å². The maximum Gasteiger partial charge on any atom is 0.360 e. The van der Waals surface area contributed by atoms with Crippen LogP contribution in [0.1, 0.15) is 6.92 Å². The molecule has 0 fully saturated rings. The number of carbonyl (C=O) groups excluding carboxylic acids is 1. The van der Waals surface area contributed by atoms with E-state index in [1.165, 1.54) is 0 Å². The molecule has 0 aliphatic heterocycles. The highest BCUT2D eigenvalue weighted by Gasteiger charge is 2.10. The first kappa shape index (κ1) is 14.0. The van der Waals surface area contributed by atoms with Crippen LogP contribution >= 0.6 is 11.6 Å². The number of rotatable bonds is 5. The predicted octanol–water partition coefficient (Wildman–Crippen LogP) is 2.13. The SMILES string of the molecule is CCOC(=O)C(C=NO)=NNc1ccccc1Cl. The highest BCUT2D eigenvalue weighted by Crippen LogP contribution is 2.20. The predicted molar refractivity (Wildman–Crippen MR) is 69.4 cm³/mol. The van der Waals surface area contributed by atoms with Gasteiger partial charge in [0.15, 0.2) is 5.71 Å². The highest BCUT2D eigenvalue weighted by atomic mass is 35.5. The minimum absolute atomic E-state index is 0.167. The van der Waals surface area contributed by atoms with Gasteiger partial charge in [0, 0.05) is 0 Å². The fourth-order valence-corrected chi connectivity index (χ4v) is 1.24. The first-order chi connectivity index (χ1) is 8.69. The van der Waals surface area contributed by atoms with Crippen LogP contribution in [0.5, 0.6) is 0 Å². The second kappa shape index (κ2) is 7.29. The number of nitrogens with zero attached hydrogens (tertiary/aromatic N) is 2. The van der Waals surface area contributed by atoms with E-state index in [0.29, 0.717) is 10.7 Å². The summed E-state index contributed by atoms with van der Waals surface area (Å²) < 4.78 is 4.73. The third kappa shape index (κ3) is 4.06. The molecule has 0 radical (unpaired) electrons. The van der Waals surface area contributed by atoms with Gasteiger partial charge in [-0.1, -0.05) is 28.9 Å². The summed E-state index contributed by atoms with van der Waals surface area (Å²) in [7, 11) is 0. The summed E-state index contributed by atoms with van der Waals surface area (Å²) in [6.07, 6.45) is 0.877. The fourth-order valence-electron chi connectivity index (χ4n) is 1.06. The second-order valence-corrected chi connectivity index (χ2v) is 3.46.